The van der Waals surface area contributed by atoms with Gasteiger partial charge in [-0.3, -0.25) is 5.87 Å². The summed E-state index contributed by atoms with van der Waals surface area (Å²) in [6.07, 6.45) is 7.79. The molecule has 0 saturated carbocycles. The van der Waals surface area contributed by atoms with Crippen LogP contribution in [-0.2, 0) is 5.41 Å². The first kappa shape index (κ1) is 26.7. The first-order valence-electron chi connectivity index (χ1n) is 11.0. The smallest absolute Gasteiger partial charge is 0.198 e. The van der Waals surface area contributed by atoms with Crippen LogP contribution in [0.3, 0.4) is 0 Å². The molecule has 6 heteroatoms. The van der Waals surface area contributed by atoms with Crippen molar-refractivity contribution in [3.8, 4) is 12.1 Å². The lowest BCUT2D eigenvalue weighted by Crippen LogP contribution is -2.49. The van der Waals surface area contributed by atoms with Gasteiger partial charge in [-0.1, -0.05) is 66.7 Å². The normalized spacial score (nSPS) is 18.2. The Kier molecular flexibility index (Phi) is 8.84. The Morgan fingerprint density at radius 3 is 1.97 bits per heavy atom. The second-order valence-electron chi connectivity index (χ2n) is 8.75. The molecule has 0 spiro atoms. The number of hydrogen-bond acceptors (Lipinski definition) is 4. The molecule has 0 aliphatic heterocycles. The molecule has 35 heavy (non-hydrogen) atoms. The lowest BCUT2D eigenvalue weighted by atomic mass is 9.54. The molecule has 0 radical (unpaired) electrons. The zero-order valence-electron chi connectivity index (χ0n) is 20.8. The van der Waals surface area contributed by atoms with Gasteiger partial charge in [0, 0.05) is 37.4 Å². The van der Waals surface area contributed by atoms with Gasteiger partial charge in [0.05, 0.1) is 17.9 Å². The van der Waals surface area contributed by atoms with Crippen molar-refractivity contribution in [3.63, 3.8) is 0 Å². The molecule has 0 heterocycles. The fourth-order valence-electron chi connectivity index (χ4n) is 3.85. The first-order valence-corrected chi connectivity index (χ1v) is 11.0. The molecule has 1 aliphatic carbocycles. The van der Waals surface area contributed by atoms with Gasteiger partial charge in [0.2, 0.25) is 0 Å². The Hall–Kier alpha value is -4.51. The summed E-state index contributed by atoms with van der Waals surface area (Å²) in [5.41, 5.74) is -0.937. The number of rotatable bonds is 4. The molecular formula is C29H30N6. The second kappa shape index (κ2) is 11.6. The minimum absolute atomic E-state index is 0.0627. The van der Waals surface area contributed by atoms with Gasteiger partial charge in [0.1, 0.15) is 14.1 Å². The Labute approximate surface area is 208 Å². The molecule has 6 nitrogen and oxygen atoms in total. The monoisotopic (exact) mass is 462 g/mol. The summed E-state index contributed by atoms with van der Waals surface area (Å²) in [7, 11) is 8.00. The number of allylic oxidation sites excluding steroid dienone is 4. The van der Waals surface area contributed by atoms with Gasteiger partial charge in [0.25, 0.3) is 0 Å². The third-order valence-electron chi connectivity index (χ3n) is 5.78. The van der Waals surface area contributed by atoms with Gasteiger partial charge >= 0.3 is 0 Å². The van der Waals surface area contributed by atoms with E-state index in [-0.39, 0.29) is 11.3 Å². The average molecular weight is 463 g/mol. The highest BCUT2D eigenvalue weighted by Gasteiger charge is 2.56. The maximum atomic E-state index is 9.91. The van der Waals surface area contributed by atoms with E-state index in [9.17, 15) is 15.9 Å². The van der Waals surface area contributed by atoms with Crippen LogP contribution in [-0.4, -0.2) is 55.5 Å². The maximum Gasteiger partial charge on any atom is 0.198 e. The number of nitriles is 2. The molecule has 1 unspecified atom stereocenters. The third-order valence-corrected chi connectivity index (χ3v) is 5.78. The van der Waals surface area contributed by atoms with Crippen LogP contribution >= 0.6 is 0 Å². The standard InChI is InChI=1S/C22H15N4.C7H15N2/c1-21(17-10-6-3-7-11-17)12-18(16-8-4-2-5-9-16)19(13-23)20(26)22(21,14-24)15-25;1-8(2)6-5-7-9(3)4/h2-12,26H,1H3;5-7H,1-4H3/q-1;+1. The fraction of sp³-hybridized carbons (Fsp3) is 0.241. The Bertz CT molecular complexity index is 1260. The zero-order valence-corrected chi connectivity index (χ0v) is 20.8. The van der Waals surface area contributed by atoms with Gasteiger partial charge in [-0.2, -0.15) is 10.5 Å². The highest BCUT2D eigenvalue weighted by atomic mass is 15.0. The van der Waals surface area contributed by atoms with Gasteiger partial charge in [-0.15, -0.1) is 0 Å². The number of benzene rings is 2. The molecular weight excluding hydrogens is 432 g/mol. The predicted molar refractivity (Wildman–Crippen MR) is 142 cm³/mol. The summed E-state index contributed by atoms with van der Waals surface area (Å²) >= 11 is 0. The van der Waals surface area contributed by atoms with Crippen molar-refractivity contribution in [1.82, 2.24) is 4.90 Å². The molecule has 1 atom stereocenters. The molecule has 1 aliphatic rings. The molecule has 2 aromatic rings. The molecule has 176 valence electrons. The molecule has 0 amide bonds. The van der Waals surface area contributed by atoms with Crippen molar-refractivity contribution < 1.29 is 4.58 Å². The van der Waals surface area contributed by atoms with E-state index in [1.54, 1.807) is 13.0 Å². The van der Waals surface area contributed by atoms with Crippen molar-refractivity contribution in [3.05, 3.63) is 101 Å². The fourth-order valence-corrected chi connectivity index (χ4v) is 3.85. The van der Waals surface area contributed by atoms with E-state index < -0.39 is 10.8 Å². The van der Waals surface area contributed by atoms with E-state index in [4.69, 9.17) is 5.41 Å². The van der Waals surface area contributed by atoms with Crippen molar-refractivity contribution in [1.29, 1.82) is 15.9 Å². The van der Waals surface area contributed by atoms with Crippen LogP contribution in [0.4, 0.5) is 0 Å². The van der Waals surface area contributed by atoms with E-state index in [0.29, 0.717) is 5.57 Å². The van der Waals surface area contributed by atoms with Crippen LogP contribution in [0.15, 0.2) is 84.6 Å². The summed E-state index contributed by atoms with van der Waals surface area (Å²) in [6, 6.07) is 22.6. The van der Waals surface area contributed by atoms with E-state index >= 15 is 0 Å². The second-order valence-corrected chi connectivity index (χ2v) is 8.75. The van der Waals surface area contributed by atoms with Crippen molar-refractivity contribution >= 4 is 23.4 Å². The molecule has 0 bridgehead atoms. The largest absolute Gasteiger partial charge is 0.763 e. The maximum absolute atomic E-state index is 9.91. The predicted octanol–water partition coefficient (Wildman–Crippen LogP) is 4.66. The molecule has 0 saturated heterocycles. The Morgan fingerprint density at radius 1 is 0.971 bits per heavy atom. The summed E-state index contributed by atoms with van der Waals surface area (Å²) in [5.74, 6) is 2.04. The summed E-state index contributed by atoms with van der Waals surface area (Å²) < 4.78 is 2.00. The molecule has 3 rings (SSSR count). The lowest BCUT2D eigenvalue weighted by Gasteiger charge is -2.43. The van der Waals surface area contributed by atoms with Gasteiger partial charge in [-0.25, -0.2) is 4.58 Å². The number of hydrogen-bond donors (Lipinski definition) is 1. The van der Waals surface area contributed by atoms with Crippen molar-refractivity contribution in [2.75, 3.05) is 28.2 Å². The summed E-state index contributed by atoms with van der Waals surface area (Å²) in [4.78, 5) is 2.00. The summed E-state index contributed by atoms with van der Waals surface area (Å²) in [6.45, 7) is 1.78. The van der Waals surface area contributed by atoms with Gasteiger partial charge < -0.3 is 15.7 Å². The topological polar surface area (TPSA) is 100.0 Å². The number of nitrogens with one attached hydrogen (secondary N) is 1. The Morgan fingerprint density at radius 2 is 1.51 bits per heavy atom. The van der Waals surface area contributed by atoms with Gasteiger partial charge in [-0.05, 0) is 23.6 Å². The minimum atomic E-state index is -1.78. The van der Waals surface area contributed by atoms with Crippen LogP contribution in [0, 0.1) is 33.5 Å². The van der Waals surface area contributed by atoms with Crippen LogP contribution < -0.4 is 0 Å². The van der Waals surface area contributed by atoms with E-state index in [1.165, 1.54) is 0 Å². The highest BCUT2D eigenvalue weighted by molar-refractivity contribution is 6.25. The van der Waals surface area contributed by atoms with Gasteiger partial charge in [0.15, 0.2) is 11.6 Å². The van der Waals surface area contributed by atoms with E-state index in [2.05, 4.69) is 0 Å². The van der Waals surface area contributed by atoms with E-state index in [1.807, 2.05) is 135 Å². The van der Waals surface area contributed by atoms with E-state index in [0.717, 1.165) is 11.1 Å². The number of nitrogens with zero attached hydrogens (tertiary/aromatic N) is 5. The van der Waals surface area contributed by atoms with Crippen LogP contribution in [0.1, 0.15) is 18.1 Å². The molecule has 2 aromatic carbocycles. The molecule has 0 aromatic heterocycles. The molecule has 0 fully saturated rings. The van der Waals surface area contributed by atoms with Crippen molar-refractivity contribution in [2.45, 2.75) is 12.3 Å². The zero-order chi connectivity index (χ0) is 26.1. The van der Waals surface area contributed by atoms with Crippen molar-refractivity contribution in [2.24, 2.45) is 5.41 Å². The first-order chi connectivity index (χ1) is 16.7. The van der Waals surface area contributed by atoms with Crippen LogP contribution in [0.25, 0.3) is 11.0 Å². The van der Waals surface area contributed by atoms with Crippen LogP contribution in [0.2, 0.25) is 0 Å². The quantitative estimate of drug-likeness (QED) is 0.528. The minimum Gasteiger partial charge on any atom is -0.763 e. The SMILES string of the molecule is CC1(c2ccccc2)C=C(c2ccccc2)C(=C=[N-])C(=N)C1(C#N)C#N.CN(C)/C=C/C=[N+](C)C. The van der Waals surface area contributed by atoms with Crippen LogP contribution in [0.5, 0.6) is 0 Å². The average Bonchev–Trinajstić information content (AvgIpc) is 2.85. The highest BCUT2D eigenvalue weighted by Crippen LogP contribution is 2.51. The third kappa shape index (κ3) is 5.53. The lowest BCUT2D eigenvalue weighted by molar-refractivity contribution is -0.458. The molecule has 1 N–H and O–H groups in total. The summed E-state index contributed by atoms with van der Waals surface area (Å²) in [5, 5.41) is 38.1. The Balaban J connectivity index is 0.000000410.